The second kappa shape index (κ2) is 7.39. The molecule has 0 saturated carbocycles. The molecule has 0 fully saturated rings. The maximum Gasteiger partial charge on any atom is 0.224 e. The first-order valence-corrected chi connectivity index (χ1v) is 5.60. The number of carbonyl (C=O) groups excluding carboxylic acids is 1. The van der Waals surface area contributed by atoms with Crippen LogP contribution in [0.15, 0.2) is 24.3 Å². The molecule has 1 N–H and O–H groups in total. The molecule has 4 heteroatoms. The Morgan fingerprint density at radius 3 is 2.65 bits per heavy atom. The lowest BCUT2D eigenvalue weighted by molar-refractivity contribution is -0.120. The number of benzene rings is 1. The van der Waals surface area contributed by atoms with Gasteiger partial charge in [0.25, 0.3) is 0 Å². The van der Waals surface area contributed by atoms with E-state index in [0.29, 0.717) is 13.0 Å². The van der Waals surface area contributed by atoms with Crippen LogP contribution in [0, 0.1) is 17.1 Å². The Morgan fingerprint density at radius 2 is 2.00 bits per heavy atom. The zero-order chi connectivity index (χ0) is 12.5. The molecular formula is C13H15FN2O. The first-order valence-electron chi connectivity index (χ1n) is 5.60. The number of carbonyl (C=O) groups is 1. The van der Waals surface area contributed by atoms with Crippen LogP contribution < -0.4 is 5.32 Å². The molecule has 1 aromatic carbocycles. The van der Waals surface area contributed by atoms with E-state index in [4.69, 9.17) is 5.26 Å². The van der Waals surface area contributed by atoms with Crippen molar-refractivity contribution in [1.82, 2.24) is 5.32 Å². The second-order valence-electron chi connectivity index (χ2n) is 3.77. The van der Waals surface area contributed by atoms with Gasteiger partial charge in [-0.3, -0.25) is 4.79 Å². The Hall–Kier alpha value is -1.89. The van der Waals surface area contributed by atoms with Crippen molar-refractivity contribution in [3.63, 3.8) is 0 Å². The number of unbranched alkanes of at least 4 members (excludes halogenated alkanes) is 2. The first-order chi connectivity index (χ1) is 8.22. The van der Waals surface area contributed by atoms with Gasteiger partial charge in [-0.15, -0.1) is 0 Å². The molecule has 0 aliphatic rings. The maximum atomic E-state index is 12.6. The minimum absolute atomic E-state index is 0.0754. The van der Waals surface area contributed by atoms with Gasteiger partial charge in [0.05, 0.1) is 12.5 Å². The Bertz CT molecular complexity index is 395. The number of halogens is 1. The molecule has 90 valence electrons. The van der Waals surface area contributed by atoms with Crippen LogP contribution in [0.25, 0.3) is 0 Å². The SMILES string of the molecule is N#CCCCCNC(=O)Cc1ccc(F)cc1. The van der Waals surface area contributed by atoms with E-state index >= 15 is 0 Å². The third-order valence-electron chi connectivity index (χ3n) is 2.32. The molecule has 0 spiro atoms. The highest BCUT2D eigenvalue weighted by Crippen LogP contribution is 2.03. The van der Waals surface area contributed by atoms with Crippen molar-refractivity contribution in [2.75, 3.05) is 6.54 Å². The summed E-state index contributed by atoms with van der Waals surface area (Å²) in [5.74, 6) is -0.376. The molecular weight excluding hydrogens is 219 g/mol. The highest BCUT2D eigenvalue weighted by molar-refractivity contribution is 5.78. The topological polar surface area (TPSA) is 52.9 Å². The summed E-state index contributed by atoms with van der Waals surface area (Å²) < 4.78 is 12.6. The molecule has 0 aromatic heterocycles. The van der Waals surface area contributed by atoms with Gasteiger partial charge < -0.3 is 5.32 Å². The van der Waals surface area contributed by atoms with E-state index in [1.165, 1.54) is 12.1 Å². The van der Waals surface area contributed by atoms with E-state index in [1.54, 1.807) is 12.1 Å². The van der Waals surface area contributed by atoms with Crippen molar-refractivity contribution in [2.45, 2.75) is 25.7 Å². The third-order valence-corrected chi connectivity index (χ3v) is 2.32. The zero-order valence-electron chi connectivity index (χ0n) is 9.58. The number of rotatable bonds is 6. The highest BCUT2D eigenvalue weighted by atomic mass is 19.1. The molecule has 0 radical (unpaired) electrons. The summed E-state index contributed by atoms with van der Waals surface area (Å²) in [6, 6.07) is 7.94. The van der Waals surface area contributed by atoms with E-state index in [1.807, 2.05) is 0 Å². The summed E-state index contributed by atoms with van der Waals surface area (Å²) in [7, 11) is 0. The smallest absolute Gasteiger partial charge is 0.224 e. The van der Waals surface area contributed by atoms with Gasteiger partial charge in [0, 0.05) is 13.0 Å². The fraction of sp³-hybridized carbons (Fsp3) is 0.385. The zero-order valence-corrected chi connectivity index (χ0v) is 9.58. The molecule has 0 unspecified atom stereocenters. The molecule has 0 aliphatic carbocycles. The highest BCUT2D eigenvalue weighted by Gasteiger charge is 2.02. The molecule has 3 nitrogen and oxygen atoms in total. The van der Waals surface area contributed by atoms with E-state index in [9.17, 15) is 9.18 Å². The van der Waals surface area contributed by atoms with Crippen molar-refractivity contribution in [3.8, 4) is 6.07 Å². The number of amides is 1. The number of nitrogens with zero attached hydrogens (tertiary/aromatic N) is 1. The quantitative estimate of drug-likeness (QED) is 0.767. The van der Waals surface area contributed by atoms with Crippen molar-refractivity contribution in [1.29, 1.82) is 5.26 Å². The second-order valence-corrected chi connectivity index (χ2v) is 3.77. The van der Waals surface area contributed by atoms with Crippen molar-refractivity contribution < 1.29 is 9.18 Å². The molecule has 1 aromatic rings. The van der Waals surface area contributed by atoms with E-state index in [0.717, 1.165) is 18.4 Å². The molecule has 0 bridgehead atoms. The number of hydrogen-bond donors (Lipinski definition) is 1. The van der Waals surface area contributed by atoms with Gasteiger partial charge in [-0.1, -0.05) is 12.1 Å². The Labute approximate surface area is 100 Å². The first kappa shape index (κ1) is 13.2. The fourth-order valence-corrected chi connectivity index (χ4v) is 1.41. The summed E-state index contributed by atoms with van der Waals surface area (Å²) in [5, 5.41) is 11.1. The molecule has 0 heterocycles. The molecule has 1 amide bonds. The van der Waals surface area contributed by atoms with Gasteiger partial charge in [-0.05, 0) is 30.5 Å². The Kier molecular flexibility index (Phi) is 5.73. The van der Waals surface area contributed by atoms with E-state index < -0.39 is 0 Å². The van der Waals surface area contributed by atoms with Crippen LogP contribution in [-0.2, 0) is 11.2 Å². The lowest BCUT2D eigenvalue weighted by Crippen LogP contribution is -2.26. The van der Waals surface area contributed by atoms with Crippen molar-refractivity contribution in [2.24, 2.45) is 0 Å². The maximum absolute atomic E-state index is 12.6. The lowest BCUT2D eigenvalue weighted by atomic mass is 10.1. The fourth-order valence-electron chi connectivity index (χ4n) is 1.41. The van der Waals surface area contributed by atoms with Crippen LogP contribution in [-0.4, -0.2) is 12.5 Å². The van der Waals surface area contributed by atoms with E-state index in [2.05, 4.69) is 11.4 Å². The number of hydrogen-bond acceptors (Lipinski definition) is 2. The molecule has 0 saturated heterocycles. The number of nitriles is 1. The van der Waals surface area contributed by atoms with Crippen LogP contribution in [0.3, 0.4) is 0 Å². The normalized spacial score (nSPS) is 9.65. The summed E-state index contributed by atoms with van der Waals surface area (Å²) in [4.78, 5) is 11.5. The molecule has 1 rings (SSSR count). The minimum Gasteiger partial charge on any atom is -0.356 e. The summed E-state index contributed by atoms with van der Waals surface area (Å²) in [6.07, 6.45) is 2.39. The standard InChI is InChI=1S/C13H15FN2O/c14-12-6-4-11(5-7-12)10-13(17)16-9-3-1-2-8-15/h4-7H,1-3,9-10H2,(H,16,17). The van der Waals surface area contributed by atoms with Crippen LogP contribution in [0.1, 0.15) is 24.8 Å². The molecule has 0 atom stereocenters. The van der Waals surface area contributed by atoms with Gasteiger partial charge in [-0.2, -0.15) is 5.26 Å². The Balaban J connectivity index is 2.21. The van der Waals surface area contributed by atoms with E-state index in [-0.39, 0.29) is 18.1 Å². The van der Waals surface area contributed by atoms with Gasteiger partial charge in [-0.25, -0.2) is 4.39 Å². The monoisotopic (exact) mass is 234 g/mol. The Morgan fingerprint density at radius 1 is 1.29 bits per heavy atom. The third kappa shape index (κ3) is 5.67. The summed E-state index contributed by atoms with van der Waals surface area (Å²) in [5.41, 5.74) is 0.793. The predicted octanol–water partition coefficient (Wildman–Crippen LogP) is 2.18. The van der Waals surface area contributed by atoms with Crippen LogP contribution in [0.2, 0.25) is 0 Å². The number of nitrogens with one attached hydrogen (secondary N) is 1. The van der Waals surface area contributed by atoms with Gasteiger partial charge >= 0.3 is 0 Å². The lowest BCUT2D eigenvalue weighted by Gasteiger charge is -2.04. The van der Waals surface area contributed by atoms with Gasteiger partial charge in [0.15, 0.2) is 0 Å². The van der Waals surface area contributed by atoms with Crippen LogP contribution >= 0.6 is 0 Å². The predicted molar refractivity (Wildman–Crippen MR) is 62.6 cm³/mol. The largest absolute Gasteiger partial charge is 0.356 e. The van der Waals surface area contributed by atoms with Gasteiger partial charge in [0.1, 0.15) is 5.82 Å². The molecule has 17 heavy (non-hydrogen) atoms. The summed E-state index contributed by atoms with van der Waals surface area (Å²) >= 11 is 0. The van der Waals surface area contributed by atoms with Crippen LogP contribution in [0.5, 0.6) is 0 Å². The average Bonchev–Trinajstić information content (AvgIpc) is 2.32. The average molecular weight is 234 g/mol. The molecule has 0 aliphatic heterocycles. The minimum atomic E-state index is -0.300. The van der Waals surface area contributed by atoms with Crippen molar-refractivity contribution >= 4 is 5.91 Å². The summed E-state index contributed by atoms with van der Waals surface area (Å²) in [6.45, 7) is 0.585. The van der Waals surface area contributed by atoms with Gasteiger partial charge in [0.2, 0.25) is 5.91 Å². The van der Waals surface area contributed by atoms with Crippen LogP contribution in [0.4, 0.5) is 4.39 Å². The van der Waals surface area contributed by atoms with Crippen molar-refractivity contribution in [3.05, 3.63) is 35.6 Å².